The fourth-order valence-electron chi connectivity index (χ4n) is 2.68. The van der Waals surface area contributed by atoms with Gasteiger partial charge in [0.2, 0.25) is 0 Å². The van der Waals surface area contributed by atoms with E-state index < -0.39 is 12.2 Å². The number of hydrogen-bond donors (Lipinski definition) is 3. The van der Waals surface area contributed by atoms with Gasteiger partial charge in [0.25, 0.3) is 0 Å². The maximum atomic E-state index is 10.1. The van der Waals surface area contributed by atoms with E-state index in [0.29, 0.717) is 11.5 Å². The lowest BCUT2D eigenvalue weighted by Gasteiger charge is -2.26. The van der Waals surface area contributed by atoms with Crippen molar-refractivity contribution in [2.45, 2.75) is 31.5 Å². The molecule has 7 heteroatoms. The molecule has 3 N–H and O–H groups in total. The van der Waals surface area contributed by atoms with E-state index in [1.807, 2.05) is 48.5 Å². The molecule has 2 aromatic rings. The van der Waals surface area contributed by atoms with E-state index in [1.54, 1.807) is 0 Å². The number of ether oxygens (including phenoxy) is 2. The first-order valence-corrected chi connectivity index (χ1v) is 9.09. The molecule has 0 amide bonds. The van der Waals surface area contributed by atoms with Crippen molar-refractivity contribution < 1.29 is 24.8 Å². The Morgan fingerprint density at radius 3 is 1.68 bits per heavy atom. The van der Waals surface area contributed by atoms with Crippen molar-refractivity contribution in [3.05, 3.63) is 64.6 Å². The predicted molar refractivity (Wildman–Crippen MR) is 106 cm³/mol. The first kappa shape index (κ1) is 21.8. The van der Waals surface area contributed by atoms with Crippen LogP contribution in [-0.2, 0) is 5.41 Å². The molecule has 0 saturated carbocycles. The Hall–Kier alpha value is -2.48. The summed E-state index contributed by atoms with van der Waals surface area (Å²) >= 11 is 0. The quantitative estimate of drug-likeness (QED) is 0.509. The first-order valence-electron chi connectivity index (χ1n) is 9.09. The largest absolute Gasteiger partial charge is 0.491 e. The summed E-state index contributed by atoms with van der Waals surface area (Å²) < 4.78 is 10.9. The number of nitroso groups, excluding NO2 is 1. The zero-order valence-corrected chi connectivity index (χ0v) is 16.1. The van der Waals surface area contributed by atoms with E-state index >= 15 is 0 Å². The molecule has 0 heterocycles. The highest BCUT2D eigenvalue weighted by molar-refractivity contribution is 5.41. The summed E-state index contributed by atoms with van der Waals surface area (Å²) in [6, 6.07) is 15.2. The summed E-state index contributed by atoms with van der Waals surface area (Å²) in [7, 11) is 0. The molecule has 0 bridgehead atoms. The average molecular weight is 389 g/mol. The van der Waals surface area contributed by atoms with E-state index in [9.17, 15) is 15.1 Å². The molecule has 2 aromatic carbocycles. The minimum atomic E-state index is -0.909. The third kappa shape index (κ3) is 6.02. The second-order valence-corrected chi connectivity index (χ2v) is 7.10. The Labute approximate surface area is 164 Å². The van der Waals surface area contributed by atoms with Gasteiger partial charge >= 0.3 is 0 Å². The van der Waals surface area contributed by atoms with Crippen molar-refractivity contribution in [1.29, 1.82) is 0 Å². The molecule has 2 unspecified atom stereocenters. The molecule has 0 radical (unpaired) electrons. The molecule has 0 aliphatic carbocycles. The molecule has 0 aromatic heterocycles. The molecule has 0 spiro atoms. The lowest BCUT2D eigenvalue weighted by Crippen LogP contribution is -2.21. The van der Waals surface area contributed by atoms with Crippen LogP contribution in [0.3, 0.4) is 0 Å². The molecule has 28 heavy (non-hydrogen) atoms. The molecule has 2 rings (SSSR count). The van der Waals surface area contributed by atoms with Crippen molar-refractivity contribution >= 4 is 0 Å². The Balaban J connectivity index is 2.02. The second-order valence-electron chi connectivity index (χ2n) is 7.10. The molecule has 0 aliphatic rings. The molecule has 0 saturated heterocycles. The lowest BCUT2D eigenvalue weighted by atomic mass is 9.78. The van der Waals surface area contributed by atoms with E-state index in [2.05, 4.69) is 19.0 Å². The van der Waals surface area contributed by atoms with E-state index in [-0.39, 0.29) is 31.8 Å². The molecule has 152 valence electrons. The molecule has 2 atom stereocenters. The number of nitrogens with zero attached hydrogens (tertiary/aromatic N) is 1. The summed E-state index contributed by atoms with van der Waals surface area (Å²) in [5.41, 5.74) is 1.91. The van der Waals surface area contributed by atoms with Gasteiger partial charge in [-0.3, -0.25) is 0 Å². The van der Waals surface area contributed by atoms with Crippen molar-refractivity contribution in [3.63, 3.8) is 0 Å². The Kier molecular flexibility index (Phi) is 7.92. The fraction of sp³-hybridized carbons (Fsp3) is 0.429. The van der Waals surface area contributed by atoms with Crippen LogP contribution in [0.2, 0.25) is 0 Å². The second kappa shape index (κ2) is 10.2. The molecule has 7 nitrogen and oxygen atoms in total. The Morgan fingerprint density at radius 1 is 0.857 bits per heavy atom. The van der Waals surface area contributed by atoms with E-state index in [0.717, 1.165) is 11.1 Å². The number of aliphatic hydroxyl groups is 3. The standard InChI is InChI=1S/C21H27NO6/c1-21(2,16-5-9-20(10-6-16)28-14-18(25)12-23)15-3-7-19(8-4-15)27-13-17(24)11-22-26/h3-10,17-18,23-25H,11-14H2,1-2H3. The average Bonchev–Trinajstić information content (AvgIpc) is 2.71. The summed E-state index contributed by atoms with van der Waals surface area (Å²) in [5, 5.41) is 30.3. The van der Waals surface area contributed by atoms with Gasteiger partial charge in [0.15, 0.2) is 0 Å². The van der Waals surface area contributed by atoms with Crippen molar-refractivity contribution in [2.75, 3.05) is 26.4 Å². The van der Waals surface area contributed by atoms with Crippen LogP contribution in [-0.4, -0.2) is 53.9 Å². The number of hydrogen-bond acceptors (Lipinski definition) is 7. The highest BCUT2D eigenvalue weighted by Gasteiger charge is 2.23. The van der Waals surface area contributed by atoms with E-state index in [1.165, 1.54) is 0 Å². The zero-order chi connectivity index (χ0) is 20.6. The highest BCUT2D eigenvalue weighted by Crippen LogP contribution is 2.33. The van der Waals surface area contributed by atoms with Crippen molar-refractivity contribution in [1.82, 2.24) is 0 Å². The van der Waals surface area contributed by atoms with E-state index in [4.69, 9.17) is 14.6 Å². The van der Waals surface area contributed by atoms with Gasteiger partial charge in [0.05, 0.1) is 6.61 Å². The van der Waals surface area contributed by atoms with Crippen LogP contribution in [0.15, 0.2) is 53.7 Å². The summed E-state index contributed by atoms with van der Waals surface area (Å²) in [6.45, 7) is 3.74. The monoisotopic (exact) mass is 389 g/mol. The zero-order valence-electron chi connectivity index (χ0n) is 16.1. The van der Waals surface area contributed by atoms with Gasteiger partial charge in [-0.05, 0) is 35.4 Å². The topological polar surface area (TPSA) is 109 Å². The van der Waals surface area contributed by atoms with Gasteiger partial charge in [-0.1, -0.05) is 43.3 Å². The number of aliphatic hydroxyl groups excluding tert-OH is 3. The lowest BCUT2D eigenvalue weighted by molar-refractivity contribution is 0.0536. The fourth-order valence-corrected chi connectivity index (χ4v) is 2.68. The van der Waals surface area contributed by atoms with Crippen LogP contribution in [0.1, 0.15) is 25.0 Å². The van der Waals surface area contributed by atoms with Crippen LogP contribution in [0.4, 0.5) is 0 Å². The third-order valence-electron chi connectivity index (χ3n) is 4.53. The first-order chi connectivity index (χ1) is 13.4. The molecular formula is C21H27NO6. The SMILES string of the molecule is CC(C)(c1ccc(OCC(O)CO)cc1)c1ccc(OCC(O)CN=O)cc1. The van der Waals surface area contributed by atoms with Crippen LogP contribution in [0.25, 0.3) is 0 Å². The van der Waals surface area contributed by atoms with Crippen LogP contribution >= 0.6 is 0 Å². The maximum absolute atomic E-state index is 10.1. The smallest absolute Gasteiger partial charge is 0.119 e. The van der Waals surface area contributed by atoms with Crippen LogP contribution in [0.5, 0.6) is 11.5 Å². The minimum Gasteiger partial charge on any atom is -0.491 e. The summed E-state index contributed by atoms with van der Waals surface area (Å²) in [6.07, 6.45) is -1.81. The summed E-state index contributed by atoms with van der Waals surface area (Å²) in [5.74, 6) is 1.23. The van der Waals surface area contributed by atoms with Gasteiger partial charge in [-0.2, -0.15) is 4.91 Å². The third-order valence-corrected chi connectivity index (χ3v) is 4.53. The van der Waals surface area contributed by atoms with Gasteiger partial charge in [0, 0.05) is 5.41 Å². The van der Waals surface area contributed by atoms with Gasteiger partial charge in [0.1, 0.15) is 43.5 Å². The Morgan fingerprint density at radius 2 is 1.29 bits per heavy atom. The van der Waals surface area contributed by atoms with Gasteiger partial charge < -0.3 is 24.8 Å². The highest BCUT2D eigenvalue weighted by atomic mass is 16.5. The number of rotatable bonds is 11. The van der Waals surface area contributed by atoms with Gasteiger partial charge in [-0.15, -0.1) is 0 Å². The molecular weight excluding hydrogens is 362 g/mol. The Bertz CT molecular complexity index is 730. The van der Waals surface area contributed by atoms with Crippen LogP contribution in [0, 0.1) is 4.91 Å². The van der Waals surface area contributed by atoms with Crippen LogP contribution < -0.4 is 9.47 Å². The van der Waals surface area contributed by atoms with Crippen molar-refractivity contribution in [3.8, 4) is 11.5 Å². The normalized spacial score (nSPS) is 13.6. The maximum Gasteiger partial charge on any atom is 0.119 e. The van der Waals surface area contributed by atoms with Crippen molar-refractivity contribution in [2.24, 2.45) is 5.18 Å². The van der Waals surface area contributed by atoms with Gasteiger partial charge in [-0.25, -0.2) is 0 Å². The molecule has 0 fully saturated rings. The minimum absolute atomic E-state index is 0.0148. The molecule has 0 aliphatic heterocycles. The predicted octanol–water partition coefficient (Wildman–Crippen LogP) is 2.25. The number of benzene rings is 2. The summed E-state index contributed by atoms with van der Waals surface area (Å²) in [4.78, 5) is 10.1.